The van der Waals surface area contributed by atoms with Gasteiger partial charge in [-0.05, 0) is 6.07 Å². The number of nitrogens with zero attached hydrogens (tertiary/aromatic N) is 5. The van der Waals surface area contributed by atoms with Crippen molar-refractivity contribution >= 4 is 23.0 Å². The Bertz CT molecular complexity index is 915. The molecule has 0 radical (unpaired) electrons. The number of nitrogens with one attached hydrogen (secondary N) is 1. The predicted molar refractivity (Wildman–Crippen MR) is 86.5 cm³/mol. The molecule has 1 N–H and O–H groups in total. The van der Waals surface area contributed by atoms with Crippen LogP contribution in [0.5, 0.6) is 5.88 Å². The number of anilines is 1. The van der Waals surface area contributed by atoms with Crippen LogP contribution in [0.25, 0.3) is 0 Å². The largest absolute Gasteiger partial charge is 0.475 e. The minimum Gasteiger partial charge on any atom is -0.475 e. The van der Waals surface area contributed by atoms with E-state index in [1.54, 1.807) is 6.07 Å². The minimum absolute atomic E-state index is 0.0326. The van der Waals surface area contributed by atoms with Crippen LogP contribution in [0.3, 0.4) is 0 Å². The standard InChI is InChI=1S/C14H12N6O6/c1-26-14-12(20(24)25)8-18(17-14)5-4-13(21)16-11-3-2-10(19(22)23)6-9(11)7-15/h2-3,6,8H,4-5H2,1H3,(H,16,21). The fourth-order valence-corrected chi connectivity index (χ4v) is 2.05. The summed E-state index contributed by atoms with van der Waals surface area (Å²) in [5, 5.41) is 36.9. The van der Waals surface area contributed by atoms with E-state index in [-0.39, 0.29) is 41.5 Å². The van der Waals surface area contributed by atoms with Gasteiger partial charge >= 0.3 is 11.6 Å². The van der Waals surface area contributed by atoms with Crippen LogP contribution in [0.4, 0.5) is 17.1 Å². The van der Waals surface area contributed by atoms with E-state index in [1.807, 2.05) is 0 Å². The smallest absolute Gasteiger partial charge is 0.350 e. The van der Waals surface area contributed by atoms with Crippen molar-refractivity contribution in [3.8, 4) is 11.9 Å². The molecular weight excluding hydrogens is 348 g/mol. The zero-order chi connectivity index (χ0) is 19.3. The number of carbonyl (C=O) groups excluding carboxylic acids is 1. The molecule has 0 bridgehead atoms. The van der Waals surface area contributed by atoms with E-state index in [9.17, 15) is 25.0 Å². The van der Waals surface area contributed by atoms with Gasteiger partial charge in [-0.2, -0.15) is 5.26 Å². The average molecular weight is 360 g/mol. The molecule has 1 aromatic heterocycles. The van der Waals surface area contributed by atoms with Gasteiger partial charge in [0.05, 0.1) is 34.8 Å². The predicted octanol–water partition coefficient (Wildman–Crippen LogP) is 1.61. The number of aromatic nitrogens is 2. The maximum absolute atomic E-state index is 12.0. The molecule has 12 heteroatoms. The van der Waals surface area contributed by atoms with Crippen LogP contribution in [0.2, 0.25) is 0 Å². The van der Waals surface area contributed by atoms with Crippen molar-refractivity contribution in [3.05, 3.63) is 50.2 Å². The molecule has 0 spiro atoms. The molecule has 12 nitrogen and oxygen atoms in total. The van der Waals surface area contributed by atoms with Gasteiger partial charge in [0, 0.05) is 18.6 Å². The number of amides is 1. The number of benzene rings is 1. The lowest BCUT2D eigenvalue weighted by Gasteiger charge is -2.07. The van der Waals surface area contributed by atoms with Crippen LogP contribution in [0.1, 0.15) is 12.0 Å². The van der Waals surface area contributed by atoms with E-state index in [1.165, 1.54) is 17.9 Å². The van der Waals surface area contributed by atoms with E-state index >= 15 is 0 Å². The molecule has 0 fully saturated rings. The lowest BCUT2D eigenvalue weighted by molar-refractivity contribution is -0.385. The summed E-state index contributed by atoms with van der Waals surface area (Å²) in [5.41, 5.74) is -0.512. The first kappa shape index (κ1) is 18.3. The molecule has 0 atom stereocenters. The van der Waals surface area contributed by atoms with Crippen molar-refractivity contribution in [1.82, 2.24) is 9.78 Å². The van der Waals surface area contributed by atoms with Gasteiger partial charge in [0.1, 0.15) is 12.3 Å². The molecule has 0 aliphatic carbocycles. The molecular formula is C14H12N6O6. The van der Waals surface area contributed by atoms with Gasteiger partial charge < -0.3 is 10.1 Å². The number of hydrogen-bond acceptors (Lipinski definition) is 8. The lowest BCUT2D eigenvalue weighted by Crippen LogP contribution is -2.15. The second-order valence-electron chi connectivity index (χ2n) is 4.94. The molecule has 0 aliphatic heterocycles. The summed E-state index contributed by atoms with van der Waals surface area (Å²) in [4.78, 5) is 32.2. The zero-order valence-electron chi connectivity index (χ0n) is 13.4. The van der Waals surface area contributed by atoms with Crippen molar-refractivity contribution in [2.75, 3.05) is 12.4 Å². The number of nitro benzene ring substituents is 1. The monoisotopic (exact) mass is 360 g/mol. The Kier molecular flexibility index (Phi) is 5.43. The molecule has 2 rings (SSSR count). The van der Waals surface area contributed by atoms with Crippen molar-refractivity contribution in [2.45, 2.75) is 13.0 Å². The number of nitro groups is 2. The van der Waals surface area contributed by atoms with Crippen LogP contribution < -0.4 is 10.1 Å². The van der Waals surface area contributed by atoms with Gasteiger partial charge in [-0.3, -0.25) is 29.7 Å². The van der Waals surface area contributed by atoms with Crippen molar-refractivity contribution in [1.29, 1.82) is 5.26 Å². The fraction of sp³-hybridized carbons (Fsp3) is 0.214. The molecule has 26 heavy (non-hydrogen) atoms. The van der Waals surface area contributed by atoms with E-state index in [0.29, 0.717) is 0 Å². The van der Waals surface area contributed by atoms with Crippen LogP contribution >= 0.6 is 0 Å². The summed E-state index contributed by atoms with van der Waals surface area (Å²) in [7, 11) is 1.24. The fourth-order valence-electron chi connectivity index (χ4n) is 2.05. The van der Waals surface area contributed by atoms with Gasteiger partial charge in [0.2, 0.25) is 5.91 Å². The first-order valence-electron chi connectivity index (χ1n) is 7.10. The van der Waals surface area contributed by atoms with Gasteiger partial charge in [0.25, 0.3) is 5.69 Å². The van der Waals surface area contributed by atoms with Gasteiger partial charge in [-0.15, -0.1) is 5.10 Å². The average Bonchev–Trinajstić information content (AvgIpc) is 3.03. The normalized spacial score (nSPS) is 10.0. The SMILES string of the molecule is COc1nn(CCC(=O)Nc2ccc([N+](=O)[O-])cc2C#N)cc1[N+](=O)[O-]. The maximum atomic E-state index is 12.0. The van der Waals surface area contributed by atoms with Gasteiger partial charge in [0.15, 0.2) is 0 Å². The molecule has 0 aliphatic rings. The van der Waals surface area contributed by atoms with E-state index < -0.39 is 15.8 Å². The van der Waals surface area contributed by atoms with E-state index in [2.05, 4.69) is 10.4 Å². The number of rotatable bonds is 7. The number of carbonyl (C=O) groups is 1. The molecule has 2 aromatic rings. The first-order valence-corrected chi connectivity index (χ1v) is 7.10. The summed E-state index contributed by atoms with van der Waals surface area (Å²) >= 11 is 0. The Morgan fingerprint density at radius 2 is 2.12 bits per heavy atom. The Balaban J connectivity index is 2.05. The summed E-state index contributed by atoms with van der Waals surface area (Å²) in [6, 6.07) is 5.25. The topological polar surface area (TPSA) is 166 Å². The Labute approximate surface area is 145 Å². The second kappa shape index (κ2) is 7.71. The Hall–Kier alpha value is -4.01. The third-order valence-corrected chi connectivity index (χ3v) is 3.28. The Morgan fingerprint density at radius 1 is 1.38 bits per heavy atom. The van der Waals surface area contributed by atoms with Crippen molar-refractivity contribution in [2.24, 2.45) is 0 Å². The number of aryl methyl sites for hydroxylation is 1. The summed E-state index contributed by atoms with van der Waals surface area (Å²) in [5.74, 6) is -0.662. The molecule has 0 saturated heterocycles. The second-order valence-corrected chi connectivity index (χ2v) is 4.94. The number of non-ortho nitro benzene ring substituents is 1. The van der Waals surface area contributed by atoms with Gasteiger partial charge in [-0.1, -0.05) is 0 Å². The highest BCUT2D eigenvalue weighted by atomic mass is 16.6. The number of methoxy groups -OCH3 is 1. The molecule has 1 amide bonds. The number of nitriles is 1. The van der Waals surface area contributed by atoms with Gasteiger partial charge in [-0.25, -0.2) is 0 Å². The summed E-state index contributed by atoms with van der Waals surface area (Å²) in [6.45, 7) is 0.0326. The van der Waals surface area contributed by atoms with E-state index in [4.69, 9.17) is 10.00 Å². The highest BCUT2D eigenvalue weighted by molar-refractivity contribution is 5.92. The van der Waals surface area contributed by atoms with E-state index in [0.717, 1.165) is 18.3 Å². The maximum Gasteiger partial charge on any atom is 0.350 e. The quantitative estimate of drug-likeness (QED) is 0.574. The van der Waals surface area contributed by atoms with Crippen LogP contribution in [0, 0.1) is 31.6 Å². The Morgan fingerprint density at radius 3 is 2.65 bits per heavy atom. The zero-order valence-corrected chi connectivity index (χ0v) is 13.4. The van der Waals surface area contributed by atoms with Crippen molar-refractivity contribution in [3.63, 3.8) is 0 Å². The summed E-state index contributed by atoms with van der Waals surface area (Å²) < 4.78 is 5.98. The van der Waals surface area contributed by atoms with Crippen molar-refractivity contribution < 1.29 is 19.4 Å². The first-order chi connectivity index (χ1) is 12.3. The third-order valence-electron chi connectivity index (χ3n) is 3.28. The van der Waals surface area contributed by atoms with Crippen LogP contribution in [0.15, 0.2) is 24.4 Å². The molecule has 1 heterocycles. The molecule has 134 valence electrons. The highest BCUT2D eigenvalue weighted by Crippen LogP contribution is 2.24. The van der Waals surface area contributed by atoms with Crippen LogP contribution in [-0.2, 0) is 11.3 Å². The molecule has 0 saturated carbocycles. The van der Waals surface area contributed by atoms with Crippen LogP contribution in [-0.4, -0.2) is 32.6 Å². The molecule has 0 unspecified atom stereocenters. The third kappa shape index (κ3) is 4.09. The molecule has 1 aromatic carbocycles. The summed E-state index contributed by atoms with van der Waals surface area (Å²) in [6.07, 6.45) is 1.04. The number of ether oxygens (including phenoxy) is 1. The number of hydrogen-bond donors (Lipinski definition) is 1. The highest BCUT2D eigenvalue weighted by Gasteiger charge is 2.20. The lowest BCUT2D eigenvalue weighted by atomic mass is 10.1. The minimum atomic E-state index is -0.654.